The maximum absolute atomic E-state index is 16.1. The summed E-state index contributed by atoms with van der Waals surface area (Å²) in [5, 5.41) is 13.3. The summed E-state index contributed by atoms with van der Waals surface area (Å²) < 4.78 is 23.7. The third-order valence-electron chi connectivity index (χ3n) is 12.0. The summed E-state index contributed by atoms with van der Waals surface area (Å²) >= 11 is 0. The van der Waals surface area contributed by atoms with E-state index < -0.39 is 11.7 Å². The molecule has 4 aliphatic rings. The lowest BCUT2D eigenvalue weighted by Crippen LogP contribution is -2.60. The third kappa shape index (κ3) is 6.60. The van der Waals surface area contributed by atoms with Gasteiger partial charge < -0.3 is 29.1 Å². The Morgan fingerprint density at radius 1 is 0.941 bits per heavy atom. The monoisotopic (exact) mass is 695 g/mol. The lowest BCUT2D eigenvalue weighted by Gasteiger charge is -2.54. The molecule has 1 spiro atoms. The molecule has 1 amide bonds. The second-order valence-corrected chi connectivity index (χ2v) is 15.5. The molecule has 270 valence electrons. The van der Waals surface area contributed by atoms with Crippen LogP contribution in [0.3, 0.4) is 0 Å². The van der Waals surface area contributed by atoms with Crippen molar-refractivity contribution in [3.8, 4) is 17.0 Å². The van der Waals surface area contributed by atoms with E-state index in [9.17, 15) is 9.90 Å². The molecule has 2 aromatic carbocycles. The Kier molecular flexibility index (Phi) is 9.23. The number of fused-ring (bicyclic) bond motifs is 1. The number of aliphatic hydroxyl groups is 1. The van der Waals surface area contributed by atoms with Gasteiger partial charge in [-0.15, -0.1) is 0 Å². The number of carbonyl (C=O) groups excluding carboxylic acids is 1. The molecule has 11 heteroatoms. The number of nitrogens with zero attached hydrogens (tertiary/aromatic N) is 6. The Balaban J connectivity index is 1.04. The molecule has 0 atom stereocenters. The van der Waals surface area contributed by atoms with Crippen molar-refractivity contribution in [1.29, 1.82) is 0 Å². The number of aromatic nitrogens is 3. The molecule has 8 rings (SSSR count). The van der Waals surface area contributed by atoms with Crippen LogP contribution in [0.1, 0.15) is 73.5 Å². The summed E-state index contributed by atoms with van der Waals surface area (Å²) in [5.41, 5.74) is 4.41. The van der Waals surface area contributed by atoms with Crippen LogP contribution in [0.15, 0.2) is 48.5 Å². The second-order valence-electron chi connectivity index (χ2n) is 15.5. The molecule has 3 saturated heterocycles. The van der Waals surface area contributed by atoms with Gasteiger partial charge in [0.05, 0.1) is 29.8 Å². The van der Waals surface area contributed by atoms with Gasteiger partial charge in [0.15, 0.2) is 5.82 Å². The van der Waals surface area contributed by atoms with Crippen molar-refractivity contribution >= 4 is 28.6 Å². The van der Waals surface area contributed by atoms with Gasteiger partial charge in [-0.3, -0.25) is 10.1 Å². The molecule has 1 aliphatic carbocycles. The first-order valence-electron chi connectivity index (χ1n) is 18.7. The van der Waals surface area contributed by atoms with Crippen molar-refractivity contribution in [2.45, 2.75) is 76.5 Å². The molecule has 1 saturated carbocycles. The first kappa shape index (κ1) is 34.0. The summed E-state index contributed by atoms with van der Waals surface area (Å²) in [6, 6.07) is 15.6. The van der Waals surface area contributed by atoms with Crippen LogP contribution in [0.4, 0.5) is 16.0 Å². The number of ether oxygens (including phenoxy) is 1. The number of likely N-dealkylation sites (tertiary alicyclic amines) is 2. The summed E-state index contributed by atoms with van der Waals surface area (Å²) in [6.07, 6.45) is 7.52. The van der Waals surface area contributed by atoms with E-state index in [-0.39, 0.29) is 23.4 Å². The van der Waals surface area contributed by atoms with Crippen molar-refractivity contribution in [3.63, 3.8) is 0 Å². The average Bonchev–Trinajstić information content (AvgIpc) is 3.49. The minimum atomic E-state index is -0.712. The van der Waals surface area contributed by atoms with Gasteiger partial charge >= 0.3 is 0 Å². The van der Waals surface area contributed by atoms with Gasteiger partial charge in [0, 0.05) is 55.2 Å². The first-order valence-corrected chi connectivity index (χ1v) is 18.7. The first-order chi connectivity index (χ1) is 24.7. The van der Waals surface area contributed by atoms with Crippen LogP contribution in [0.2, 0.25) is 0 Å². The van der Waals surface area contributed by atoms with Gasteiger partial charge in [0.25, 0.3) is 5.91 Å². The molecule has 0 bridgehead atoms. The Morgan fingerprint density at radius 2 is 1.67 bits per heavy atom. The largest absolute Gasteiger partial charge is 0.496 e. The molecule has 4 aromatic rings. The van der Waals surface area contributed by atoms with Gasteiger partial charge in [-0.1, -0.05) is 12.1 Å². The minimum absolute atomic E-state index is 0.0423. The number of amides is 1. The predicted molar refractivity (Wildman–Crippen MR) is 198 cm³/mol. The molecule has 51 heavy (non-hydrogen) atoms. The highest BCUT2D eigenvalue weighted by atomic mass is 19.1. The normalized spacial score (nSPS) is 23.0. The lowest BCUT2D eigenvalue weighted by molar-refractivity contribution is -0.0419. The molecular weight excluding hydrogens is 645 g/mol. The van der Waals surface area contributed by atoms with Gasteiger partial charge in [-0.05, 0) is 120 Å². The SMILES string of the molecule is COc1ccccc1-c1nc(C)cc(C(=O)Nc2nc3ccc(N4CCC(N5CCC6(CC5)CN(C)C6)CC4)cc3n2[C@H]2CC[C@@H](O)CC2)c1F. The highest BCUT2D eigenvalue weighted by molar-refractivity contribution is 6.05. The van der Waals surface area contributed by atoms with Crippen molar-refractivity contribution in [2.24, 2.45) is 5.41 Å². The average molecular weight is 696 g/mol. The number of hydrogen-bond acceptors (Lipinski definition) is 8. The number of imidazole rings is 1. The Hall–Kier alpha value is -4.06. The molecule has 10 nitrogen and oxygen atoms in total. The van der Waals surface area contributed by atoms with Crippen molar-refractivity contribution in [3.05, 3.63) is 65.6 Å². The van der Waals surface area contributed by atoms with Gasteiger partial charge in [0.2, 0.25) is 5.95 Å². The van der Waals surface area contributed by atoms with E-state index in [1.165, 1.54) is 52.2 Å². The molecule has 2 N–H and O–H groups in total. The molecule has 2 aromatic heterocycles. The van der Waals surface area contributed by atoms with E-state index in [0.717, 1.165) is 55.5 Å². The van der Waals surface area contributed by atoms with Crippen LogP contribution < -0.4 is 15.0 Å². The van der Waals surface area contributed by atoms with E-state index >= 15 is 4.39 Å². The zero-order chi connectivity index (χ0) is 35.3. The second kappa shape index (κ2) is 13.8. The highest BCUT2D eigenvalue weighted by Gasteiger charge is 2.44. The topological polar surface area (TPSA) is 99.0 Å². The fraction of sp³-hybridized carbons (Fsp3) is 0.525. The molecule has 0 unspecified atom stereocenters. The number of pyridine rings is 1. The molecule has 0 radical (unpaired) electrons. The van der Waals surface area contributed by atoms with Crippen LogP contribution in [-0.2, 0) is 0 Å². The van der Waals surface area contributed by atoms with E-state index in [1.54, 1.807) is 25.1 Å². The quantitative estimate of drug-likeness (QED) is 0.233. The zero-order valence-electron chi connectivity index (χ0n) is 30.1. The van der Waals surface area contributed by atoms with Crippen LogP contribution in [0.25, 0.3) is 22.3 Å². The number of nitrogens with one attached hydrogen (secondary N) is 1. The molecule has 3 aliphatic heterocycles. The van der Waals surface area contributed by atoms with Gasteiger partial charge in [0.1, 0.15) is 11.4 Å². The van der Waals surface area contributed by atoms with E-state index in [1.807, 2.05) is 12.1 Å². The number of methoxy groups -OCH3 is 1. The van der Waals surface area contributed by atoms with Gasteiger partial charge in [-0.2, -0.15) is 0 Å². The fourth-order valence-electron chi connectivity index (χ4n) is 9.33. The van der Waals surface area contributed by atoms with Gasteiger partial charge in [-0.25, -0.2) is 14.4 Å². The number of carbonyl (C=O) groups is 1. The molecule has 4 fully saturated rings. The number of para-hydroxylation sites is 1. The number of rotatable bonds is 7. The number of aryl methyl sites for hydroxylation is 1. The maximum atomic E-state index is 16.1. The Labute approximate surface area is 299 Å². The fourth-order valence-corrected chi connectivity index (χ4v) is 9.33. The van der Waals surface area contributed by atoms with E-state index in [2.05, 4.69) is 48.7 Å². The zero-order valence-corrected chi connectivity index (χ0v) is 30.1. The minimum Gasteiger partial charge on any atom is -0.496 e. The van der Waals surface area contributed by atoms with Crippen LogP contribution in [-0.4, -0.2) is 101 Å². The summed E-state index contributed by atoms with van der Waals surface area (Å²) in [4.78, 5) is 30.9. The van der Waals surface area contributed by atoms with Crippen molar-refractivity contribution < 1.29 is 19.0 Å². The van der Waals surface area contributed by atoms with Crippen molar-refractivity contribution in [2.75, 3.05) is 63.6 Å². The van der Waals surface area contributed by atoms with Crippen molar-refractivity contribution in [1.82, 2.24) is 24.3 Å². The lowest BCUT2D eigenvalue weighted by atomic mass is 9.72. The Morgan fingerprint density at radius 3 is 2.37 bits per heavy atom. The molecule has 5 heterocycles. The number of hydrogen-bond donors (Lipinski definition) is 2. The highest BCUT2D eigenvalue weighted by Crippen LogP contribution is 2.41. The van der Waals surface area contributed by atoms with Crippen LogP contribution in [0.5, 0.6) is 5.75 Å². The number of aliphatic hydroxyl groups excluding tert-OH is 1. The summed E-state index contributed by atoms with van der Waals surface area (Å²) in [7, 11) is 3.76. The third-order valence-corrected chi connectivity index (χ3v) is 12.0. The van der Waals surface area contributed by atoms with Crippen LogP contribution in [0, 0.1) is 18.2 Å². The number of halogens is 1. The standard InChI is InChI=1S/C40H50FN7O3/c1-26-22-32(36(41)37(42-26)31-6-4-5-7-35(31)51-3)38(50)44-39-43-33-13-10-29(23-34(33)48(39)28-8-11-30(49)12-9-28)46-18-14-27(15-19-46)47-20-16-40(17-21-47)24-45(2)25-40/h4-7,10,13,22-23,27-28,30,49H,8-9,11-12,14-21,24-25H2,1-3H3,(H,43,44,50)/t28-,30+. The summed E-state index contributed by atoms with van der Waals surface area (Å²) in [5.74, 6) is -0.433. The Bertz CT molecular complexity index is 1900. The smallest absolute Gasteiger partial charge is 0.261 e. The van der Waals surface area contributed by atoms with E-state index in [0.29, 0.717) is 47.3 Å². The number of piperidine rings is 2. The maximum Gasteiger partial charge on any atom is 0.261 e. The number of benzene rings is 2. The predicted octanol–water partition coefficient (Wildman–Crippen LogP) is 6.28. The number of anilines is 2. The van der Waals surface area contributed by atoms with Crippen LogP contribution >= 0.6 is 0 Å². The summed E-state index contributed by atoms with van der Waals surface area (Å²) in [6.45, 7) is 8.72. The van der Waals surface area contributed by atoms with E-state index in [4.69, 9.17) is 9.72 Å². The molecular formula is C40H50FN7O3.